The summed E-state index contributed by atoms with van der Waals surface area (Å²) in [6.07, 6.45) is 1.68. The Labute approximate surface area is 153 Å². The molecule has 0 saturated heterocycles. The number of aromatic amines is 1. The fraction of sp³-hybridized carbons (Fsp3) is 0.450. The van der Waals surface area contributed by atoms with Crippen molar-refractivity contribution in [2.75, 3.05) is 7.11 Å². The SMILES string of the molecule is COc1ccc(C(C)C)cc1-c1cnc2[nH]c(=O)n(CC(C)(C)C)c2n1. The molecule has 0 fully saturated rings. The molecular weight excluding hydrogens is 328 g/mol. The van der Waals surface area contributed by atoms with Gasteiger partial charge < -0.3 is 4.74 Å². The lowest BCUT2D eigenvalue weighted by atomic mass is 9.97. The van der Waals surface area contributed by atoms with Crippen LogP contribution in [0.25, 0.3) is 22.6 Å². The molecule has 0 aliphatic rings. The number of methoxy groups -OCH3 is 1. The maximum atomic E-state index is 12.3. The third kappa shape index (κ3) is 3.49. The first-order valence-electron chi connectivity index (χ1n) is 8.83. The van der Waals surface area contributed by atoms with Crippen LogP contribution in [0.2, 0.25) is 0 Å². The summed E-state index contributed by atoms with van der Waals surface area (Å²) < 4.78 is 7.18. The van der Waals surface area contributed by atoms with E-state index in [1.165, 1.54) is 5.56 Å². The van der Waals surface area contributed by atoms with Gasteiger partial charge in [0.25, 0.3) is 0 Å². The van der Waals surface area contributed by atoms with Gasteiger partial charge in [0.15, 0.2) is 11.3 Å². The average molecular weight is 354 g/mol. The predicted molar refractivity (Wildman–Crippen MR) is 104 cm³/mol. The van der Waals surface area contributed by atoms with Crippen molar-refractivity contribution in [3.05, 3.63) is 40.4 Å². The molecule has 6 nitrogen and oxygen atoms in total. The monoisotopic (exact) mass is 354 g/mol. The first-order chi connectivity index (χ1) is 12.2. The van der Waals surface area contributed by atoms with Crippen LogP contribution in [0.15, 0.2) is 29.2 Å². The Balaban J connectivity index is 2.19. The minimum Gasteiger partial charge on any atom is -0.496 e. The smallest absolute Gasteiger partial charge is 0.328 e. The molecule has 0 radical (unpaired) electrons. The largest absolute Gasteiger partial charge is 0.496 e. The van der Waals surface area contributed by atoms with Gasteiger partial charge in [-0.05, 0) is 29.0 Å². The van der Waals surface area contributed by atoms with E-state index in [2.05, 4.69) is 56.7 Å². The molecule has 0 amide bonds. The zero-order valence-corrected chi connectivity index (χ0v) is 16.3. The molecule has 26 heavy (non-hydrogen) atoms. The zero-order valence-electron chi connectivity index (χ0n) is 16.3. The number of aromatic nitrogens is 4. The van der Waals surface area contributed by atoms with Gasteiger partial charge in [0.2, 0.25) is 0 Å². The molecule has 0 unspecified atom stereocenters. The Hall–Kier alpha value is -2.63. The average Bonchev–Trinajstić information content (AvgIpc) is 2.87. The van der Waals surface area contributed by atoms with Crippen LogP contribution >= 0.6 is 0 Å². The van der Waals surface area contributed by atoms with Crippen LogP contribution in [-0.4, -0.2) is 26.6 Å². The summed E-state index contributed by atoms with van der Waals surface area (Å²) >= 11 is 0. The Kier molecular flexibility index (Phi) is 4.61. The van der Waals surface area contributed by atoms with Gasteiger partial charge in [0.1, 0.15) is 5.75 Å². The molecule has 1 N–H and O–H groups in total. The summed E-state index contributed by atoms with van der Waals surface area (Å²) in [7, 11) is 1.64. The fourth-order valence-corrected chi connectivity index (χ4v) is 2.96. The van der Waals surface area contributed by atoms with Crippen LogP contribution in [0.1, 0.15) is 46.1 Å². The normalized spacial score (nSPS) is 12.1. The number of imidazole rings is 1. The quantitative estimate of drug-likeness (QED) is 0.769. The summed E-state index contributed by atoms with van der Waals surface area (Å²) in [5.41, 5.74) is 3.61. The molecule has 6 heteroatoms. The minimum atomic E-state index is -0.185. The van der Waals surface area contributed by atoms with Crippen molar-refractivity contribution in [1.29, 1.82) is 0 Å². The summed E-state index contributed by atoms with van der Waals surface area (Å²) in [5, 5.41) is 0. The molecule has 3 aromatic rings. The lowest BCUT2D eigenvalue weighted by Gasteiger charge is -2.18. The van der Waals surface area contributed by atoms with E-state index in [9.17, 15) is 4.79 Å². The van der Waals surface area contributed by atoms with Crippen molar-refractivity contribution in [2.45, 2.75) is 47.1 Å². The number of hydrogen-bond donors (Lipinski definition) is 1. The minimum absolute atomic E-state index is 0.0497. The third-order valence-electron chi connectivity index (χ3n) is 4.28. The maximum Gasteiger partial charge on any atom is 0.328 e. The van der Waals surface area contributed by atoms with E-state index in [4.69, 9.17) is 9.72 Å². The van der Waals surface area contributed by atoms with E-state index in [0.29, 0.717) is 29.5 Å². The zero-order chi connectivity index (χ0) is 19.1. The summed E-state index contributed by atoms with van der Waals surface area (Å²) in [6, 6.07) is 6.10. The van der Waals surface area contributed by atoms with Gasteiger partial charge in [0, 0.05) is 12.1 Å². The Morgan fingerprint density at radius 3 is 2.62 bits per heavy atom. The Bertz CT molecular complexity index is 993. The lowest BCUT2D eigenvalue weighted by molar-refractivity contribution is 0.343. The molecule has 2 heterocycles. The van der Waals surface area contributed by atoms with Crippen molar-refractivity contribution in [2.24, 2.45) is 5.41 Å². The van der Waals surface area contributed by atoms with Crippen LogP contribution < -0.4 is 10.4 Å². The Morgan fingerprint density at radius 1 is 1.27 bits per heavy atom. The summed E-state index contributed by atoms with van der Waals surface area (Å²) in [6.45, 7) is 11.1. The number of rotatable bonds is 4. The molecule has 3 rings (SSSR count). The van der Waals surface area contributed by atoms with Crippen LogP contribution in [-0.2, 0) is 6.54 Å². The number of nitrogens with zero attached hydrogens (tertiary/aromatic N) is 3. The molecule has 0 spiro atoms. The van der Waals surface area contributed by atoms with Gasteiger partial charge in [-0.2, -0.15) is 0 Å². The van der Waals surface area contributed by atoms with E-state index < -0.39 is 0 Å². The van der Waals surface area contributed by atoms with Gasteiger partial charge in [-0.1, -0.05) is 40.7 Å². The maximum absolute atomic E-state index is 12.3. The van der Waals surface area contributed by atoms with Crippen molar-refractivity contribution in [1.82, 2.24) is 19.5 Å². The highest BCUT2D eigenvalue weighted by Gasteiger charge is 2.19. The molecule has 138 valence electrons. The molecule has 0 aliphatic heterocycles. The lowest BCUT2D eigenvalue weighted by Crippen LogP contribution is -2.25. The van der Waals surface area contributed by atoms with Gasteiger partial charge in [-0.25, -0.2) is 14.8 Å². The van der Waals surface area contributed by atoms with Gasteiger partial charge in [-0.15, -0.1) is 0 Å². The van der Waals surface area contributed by atoms with E-state index in [0.717, 1.165) is 11.3 Å². The van der Waals surface area contributed by atoms with E-state index >= 15 is 0 Å². The van der Waals surface area contributed by atoms with Crippen LogP contribution in [0.5, 0.6) is 5.75 Å². The topological polar surface area (TPSA) is 72.8 Å². The summed E-state index contributed by atoms with van der Waals surface area (Å²) in [5.74, 6) is 1.13. The fourth-order valence-electron chi connectivity index (χ4n) is 2.96. The van der Waals surface area contributed by atoms with Crippen molar-refractivity contribution < 1.29 is 4.74 Å². The third-order valence-corrected chi connectivity index (χ3v) is 4.28. The van der Waals surface area contributed by atoms with E-state index in [1.54, 1.807) is 17.9 Å². The molecule has 0 aliphatic carbocycles. The van der Waals surface area contributed by atoms with Crippen LogP contribution in [0.3, 0.4) is 0 Å². The van der Waals surface area contributed by atoms with Crippen molar-refractivity contribution in [3.63, 3.8) is 0 Å². The van der Waals surface area contributed by atoms with Gasteiger partial charge >= 0.3 is 5.69 Å². The highest BCUT2D eigenvalue weighted by molar-refractivity contribution is 5.74. The van der Waals surface area contributed by atoms with Gasteiger partial charge in [0.05, 0.1) is 19.0 Å². The van der Waals surface area contributed by atoms with E-state index in [1.807, 2.05) is 6.07 Å². The van der Waals surface area contributed by atoms with Crippen LogP contribution in [0.4, 0.5) is 0 Å². The standard InChI is InChI=1S/C20H26N4O2/c1-12(2)13-7-8-16(26-6)14(9-13)15-10-21-17-18(22-15)24(19(25)23-17)11-20(3,4)5/h7-10,12H,11H2,1-6H3,(H,21,23,25). The molecule has 0 bridgehead atoms. The second-order valence-electron chi connectivity index (χ2n) is 8.12. The van der Waals surface area contributed by atoms with Crippen molar-refractivity contribution >= 4 is 11.3 Å². The number of fused-ring (bicyclic) bond motifs is 1. The highest BCUT2D eigenvalue weighted by atomic mass is 16.5. The number of benzene rings is 1. The summed E-state index contributed by atoms with van der Waals surface area (Å²) in [4.78, 5) is 24.3. The highest BCUT2D eigenvalue weighted by Crippen LogP contribution is 2.32. The second-order valence-corrected chi connectivity index (χ2v) is 8.12. The van der Waals surface area contributed by atoms with Crippen molar-refractivity contribution in [3.8, 4) is 17.0 Å². The molecular formula is C20H26N4O2. The first-order valence-corrected chi connectivity index (χ1v) is 8.83. The predicted octanol–water partition coefficient (Wildman–Crippen LogP) is 3.96. The molecule has 0 saturated carbocycles. The second kappa shape index (κ2) is 6.59. The Morgan fingerprint density at radius 2 is 2.00 bits per heavy atom. The molecule has 1 aromatic carbocycles. The van der Waals surface area contributed by atoms with E-state index in [-0.39, 0.29) is 11.1 Å². The number of nitrogens with one attached hydrogen (secondary N) is 1. The molecule has 2 aromatic heterocycles. The van der Waals surface area contributed by atoms with Crippen LogP contribution in [0, 0.1) is 5.41 Å². The number of hydrogen-bond acceptors (Lipinski definition) is 4. The number of H-pyrrole nitrogens is 1. The number of ether oxygens (including phenoxy) is 1. The van der Waals surface area contributed by atoms with Gasteiger partial charge in [-0.3, -0.25) is 9.55 Å². The first kappa shape index (κ1) is 18.2. The molecule has 0 atom stereocenters.